The molecule has 0 radical (unpaired) electrons. The van der Waals surface area contributed by atoms with Gasteiger partial charge >= 0.3 is 0 Å². The van der Waals surface area contributed by atoms with Gasteiger partial charge in [-0.3, -0.25) is 14.2 Å². The van der Waals surface area contributed by atoms with Crippen molar-refractivity contribution in [2.24, 2.45) is 5.73 Å². The van der Waals surface area contributed by atoms with Crippen molar-refractivity contribution >= 4 is 45.2 Å². The van der Waals surface area contributed by atoms with Crippen LogP contribution in [0.5, 0.6) is 0 Å². The van der Waals surface area contributed by atoms with Gasteiger partial charge < -0.3 is 15.5 Å². The van der Waals surface area contributed by atoms with E-state index in [0.29, 0.717) is 29.6 Å². The second-order valence-corrected chi connectivity index (χ2v) is 8.15. The summed E-state index contributed by atoms with van der Waals surface area (Å²) in [5, 5.41) is 11.8. The fraction of sp³-hybridized carbons (Fsp3) is 0.263. The summed E-state index contributed by atoms with van der Waals surface area (Å²) < 4.78 is 8.07. The monoisotopic (exact) mass is 477 g/mol. The van der Waals surface area contributed by atoms with E-state index in [2.05, 4.69) is 31.4 Å². The molecule has 2 heterocycles. The molecule has 0 aliphatic carbocycles. The molecule has 0 aliphatic heterocycles. The van der Waals surface area contributed by atoms with Gasteiger partial charge in [0.05, 0.1) is 24.2 Å². The van der Waals surface area contributed by atoms with Crippen LogP contribution in [0.2, 0.25) is 0 Å². The second kappa shape index (κ2) is 9.75. The molecule has 0 saturated heterocycles. The number of amides is 2. The quantitative estimate of drug-likeness (QED) is 0.457. The topological polar surface area (TPSA) is 116 Å². The van der Waals surface area contributed by atoms with E-state index in [4.69, 9.17) is 10.2 Å². The Kier molecular flexibility index (Phi) is 7.10. The molecule has 0 aliphatic rings. The van der Waals surface area contributed by atoms with Gasteiger partial charge in [-0.15, -0.1) is 10.2 Å². The number of halogens is 1. The lowest BCUT2D eigenvalue weighted by Gasteiger charge is -2.10. The van der Waals surface area contributed by atoms with E-state index in [1.165, 1.54) is 11.8 Å². The lowest BCUT2D eigenvalue weighted by atomic mass is 10.2. The first-order valence-corrected chi connectivity index (χ1v) is 10.6. The van der Waals surface area contributed by atoms with Crippen molar-refractivity contribution < 1.29 is 14.0 Å². The zero-order valence-corrected chi connectivity index (χ0v) is 18.1. The van der Waals surface area contributed by atoms with Crippen LogP contribution in [0.25, 0.3) is 0 Å². The third-order valence-corrected chi connectivity index (χ3v) is 5.64. The summed E-state index contributed by atoms with van der Waals surface area (Å²) in [6.45, 7) is 2.38. The summed E-state index contributed by atoms with van der Waals surface area (Å²) in [6, 6.07) is 9.35. The maximum Gasteiger partial charge on any atom is 0.234 e. The van der Waals surface area contributed by atoms with Crippen LogP contribution < -0.4 is 11.1 Å². The minimum atomic E-state index is -0.408. The molecule has 0 bridgehead atoms. The number of nitrogens with one attached hydrogen (secondary N) is 1. The van der Waals surface area contributed by atoms with Crippen LogP contribution in [0.3, 0.4) is 0 Å². The van der Waals surface area contributed by atoms with Crippen LogP contribution in [0.4, 0.5) is 5.69 Å². The van der Waals surface area contributed by atoms with Crippen LogP contribution >= 0.6 is 27.7 Å². The molecule has 0 spiro atoms. The predicted octanol–water partition coefficient (Wildman–Crippen LogP) is 3.14. The van der Waals surface area contributed by atoms with E-state index < -0.39 is 5.91 Å². The van der Waals surface area contributed by atoms with Crippen molar-refractivity contribution in [3.05, 3.63) is 58.2 Å². The molecule has 0 unspecified atom stereocenters. The molecule has 8 nitrogen and oxygen atoms in total. The van der Waals surface area contributed by atoms with E-state index in [0.717, 1.165) is 15.8 Å². The van der Waals surface area contributed by atoms with Crippen LogP contribution in [-0.4, -0.2) is 32.3 Å². The first kappa shape index (κ1) is 21.1. The minimum Gasteiger partial charge on any atom is -0.467 e. The van der Waals surface area contributed by atoms with Gasteiger partial charge in [0.2, 0.25) is 11.8 Å². The summed E-state index contributed by atoms with van der Waals surface area (Å²) in [7, 11) is 0. The normalized spacial score (nSPS) is 10.8. The molecule has 0 fully saturated rings. The van der Waals surface area contributed by atoms with E-state index in [9.17, 15) is 9.59 Å². The average Bonchev–Trinajstić information content (AvgIpc) is 3.31. The van der Waals surface area contributed by atoms with Crippen molar-refractivity contribution in [2.45, 2.75) is 31.5 Å². The average molecular weight is 478 g/mol. The molecular weight excluding hydrogens is 458 g/mol. The number of aryl methyl sites for hydroxylation is 2. The van der Waals surface area contributed by atoms with Crippen molar-refractivity contribution in [1.29, 1.82) is 0 Å². The standard InChI is InChI=1S/C19H20BrN5O3S/c1-12-4-5-15(14(20)9-12)22-18(27)11-29-19-24-23-17(7-6-16(21)26)25(19)10-13-3-2-8-28-13/h2-5,8-9H,6-7,10-11H2,1H3,(H2,21,26)(H,22,27). The van der Waals surface area contributed by atoms with Gasteiger partial charge in [-0.2, -0.15) is 0 Å². The largest absolute Gasteiger partial charge is 0.467 e. The predicted molar refractivity (Wildman–Crippen MR) is 114 cm³/mol. The number of nitrogens with zero attached hydrogens (tertiary/aromatic N) is 3. The van der Waals surface area contributed by atoms with E-state index in [-0.39, 0.29) is 18.1 Å². The lowest BCUT2D eigenvalue weighted by molar-refractivity contribution is -0.118. The highest BCUT2D eigenvalue weighted by Gasteiger charge is 2.16. The summed E-state index contributed by atoms with van der Waals surface area (Å²) in [5.74, 6) is 0.928. The molecule has 2 amide bonds. The Hall–Kier alpha value is -2.59. The zero-order chi connectivity index (χ0) is 20.8. The Morgan fingerprint density at radius 1 is 1.31 bits per heavy atom. The third-order valence-electron chi connectivity index (χ3n) is 4.01. The molecule has 0 atom stereocenters. The number of thioether (sulfide) groups is 1. The SMILES string of the molecule is Cc1ccc(NC(=O)CSc2nnc(CCC(N)=O)n2Cc2ccco2)c(Br)c1. The number of nitrogens with two attached hydrogens (primary N) is 1. The molecule has 2 aromatic heterocycles. The van der Waals surface area contributed by atoms with Gasteiger partial charge in [-0.05, 0) is 52.7 Å². The van der Waals surface area contributed by atoms with Crippen molar-refractivity contribution in [3.8, 4) is 0 Å². The number of rotatable bonds is 9. The molecule has 3 N–H and O–H groups in total. The van der Waals surface area contributed by atoms with Crippen LogP contribution in [0, 0.1) is 6.92 Å². The second-order valence-electron chi connectivity index (χ2n) is 6.35. The van der Waals surface area contributed by atoms with E-state index in [1.807, 2.05) is 35.8 Å². The number of hydrogen-bond acceptors (Lipinski definition) is 6. The van der Waals surface area contributed by atoms with Gasteiger partial charge in [0.1, 0.15) is 11.6 Å². The van der Waals surface area contributed by atoms with E-state index >= 15 is 0 Å². The van der Waals surface area contributed by atoms with Crippen LogP contribution in [-0.2, 0) is 22.6 Å². The molecular formula is C19H20BrN5O3S. The number of furan rings is 1. The summed E-state index contributed by atoms with van der Waals surface area (Å²) in [4.78, 5) is 23.5. The molecule has 29 heavy (non-hydrogen) atoms. The molecule has 10 heteroatoms. The number of carbonyl (C=O) groups is 2. The van der Waals surface area contributed by atoms with Crippen LogP contribution in [0.15, 0.2) is 50.6 Å². The number of anilines is 1. The summed E-state index contributed by atoms with van der Waals surface area (Å²) in [5.41, 5.74) is 7.05. The van der Waals surface area contributed by atoms with E-state index in [1.54, 1.807) is 12.3 Å². The molecule has 0 saturated carbocycles. The van der Waals surface area contributed by atoms with Gasteiger partial charge in [0, 0.05) is 17.3 Å². The Morgan fingerprint density at radius 2 is 2.14 bits per heavy atom. The lowest BCUT2D eigenvalue weighted by Crippen LogP contribution is -2.16. The van der Waals surface area contributed by atoms with Crippen molar-refractivity contribution in [1.82, 2.24) is 14.8 Å². The Morgan fingerprint density at radius 3 is 2.83 bits per heavy atom. The van der Waals surface area contributed by atoms with Gasteiger partial charge in [-0.1, -0.05) is 17.8 Å². The van der Waals surface area contributed by atoms with Crippen molar-refractivity contribution in [3.63, 3.8) is 0 Å². The highest BCUT2D eigenvalue weighted by Crippen LogP contribution is 2.24. The summed E-state index contributed by atoms with van der Waals surface area (Å²) in [6.07, 6.45) is 2.12. The Bertz CT molecular complexity index is 1000. The zero-order valence-electron chi connectivity index (χ0n) is 15.7. The summed E-state index contributed by atoms with van der Waals surface area (Å²) >= 11 is 4.72. The van der Waals surface area contributed by atoms with Crippen molar-refractivity contribution in [2.75, 3.05) is 11.1 Å². The first-order chi connectivity index (χ1) is 13.9. The minimum absolute atomic E-state index is 0.159. The Balaban J connectivity index is 1.68. The van der Waals surface area contributed by atoms with Crippen LogP contribution in [0.1, 0.15) is 23.6 Å². The molecule has 3 aromatic rings. The Labute approximate surface area is 180 Å². The smallest absolute Gasteiger partial charge is 0.234 e. The number of hydrogen-bond donors (Lipinski definition) is 2. The maximum absolute atomic E-state index is 12.4. The number of aromatic nitrogens is 3. The van der Waals surface area contributed by atoms with Gasteiger partial charge in [0.15, 0.2) is 5.16 Å². The highest BCUT2D eigenvalue weighted by atomic mass is 79.9. The first-order valence-electron chi connectivity index (χ1n) is 8.84. The molecule has 1 aromatic carbocycles. The van der Waals surface area contributed by atoms with Gasteiger partial charge in [0.25, 0.3) is 0 Å². The fourth-order valence-corrected chi connectivity index (χ4v) is 3.95. The number of primary amides is 1. The number of carbonyl (C=O) groups excluding carboxylic acids is 2. The number of benzene rings is 1. The molecule has 152 valence electrons. The van der Waals surface area contributed by atoms with Gasteiger partial charge in [-0.25, -0.2) is 0 Å². The maximum atomic E-state index is 12.4. The fourth-order valence-electron chi connectivity index (χ4n) is 2.60. The molecule has 3 rings (SSSR count). The third kappa shape index (κ3) is 5.94. The highest BCUT2D eigenvalue weighted by molar-refractivity contribution is 9.10.